The molecule has 0 radical (unpaired) electrons. The van der Waals surface area contributed by atoms with Crippen molar-refractivity contribution in [2.75, 3.05) is 36.7 Å². The molecule has 5 rings (SSSR count). The number of aromatic nitrogens is 6. The first-order valence-corrected chi connectivity index (χ1v) is 9.00. The minimum Gasteiger partial charge on any atom is -0.302 e. The molecule has 0 N–H and O–H groups in total. The van der Waals surface area contributed by atoms with Gasteiger partial charge in [0.15, 0.2) is 11.5 Å². The number of aryl methyl sites for hydroxylation is 1. The Bertz CT molecular complexity index is 905. The summed E-state index contributed by atoms with van der Waals surface area (Å²) in [6.07, 6.45) is 5.82. The van der Waals surface area contributed by atoms with Crippen molar-refractivity contribution >= 4 is 23.4 Å². The van der Waals surface area contributed by atoms with Gasteiger partial charge in [0, 0.05) is 43.5 Å². The van der Waals surface area contributed by atoms with Gasteiger partial charge in [-0.05, 0) is 25.9 Å². The molecule has 2 aliphatic heterocycles. The van der Waals surface area contributed by atoms with E-state index < -0.39 is 0 Å². The lowest BCUT2D eigenvalue weighted by molar-refractivity contribution is 0.129. The number of fused-ring (bicyclic) bond motifs is 1. The fraction of sp³-hybridized carbons (Fsp3) is 0.467. The Hall–Kier alpha value is -2.13. The number of anilines is 1. The zero-order chi connectivity index (χ0) is 16.3. The molecule has 0 aliphatic carbocycles. The van der Waals surface area contributed by atoms with Crippen LogP contribution in [0.2, 0.25) is 0 Å². The van der Waals surface area contributed by atoms with Crippen molar-refractivity contribution in [1.29, 1.82) is 0 Å². The third-order valence-corrected chi connectivity index (χ3v) is 5.74. The summed E-state index contributed by atoms with van der Waals surface area (Å²) in [6, 6.07) is 0.416. The number of imidazole rings is 1. The molecule has 3 aromatic rings. The van der Waals surface area contributed by atoms with Crippen LogP contribution in [-0.2, 0) is 0 Å². The second-order valence-corrected chi connectivity index (χ2v) is 7.49. The molecule has 0 spiro atoms. The average Bonchev–Trinajstić information content (AvgIpc) is 3.13. The monoisotopic (exact) mass is 342 g/mol. The molecule has 5 heterocycles. The fourth-order valence-corrected chi connectivity index (χ4v) is 3.86. The Morgan fingerprint density at radius 2 is 2.12 bits per heavy atom. The van der Waals surface area contributed by atoms with Gasteiger partial charge < -0.3 is 4.90 Å². The van der Waals surface area contributed by atoms with Gasteiger partial charge in [0.2, 0.25) is 0 Å². The fourth-order valence-electron chi connectivity index (χ4n) is 3.25. The van der Waals surface area contributed by atoms with Gasteiger partial charge in [0.1, 0.15) is 11.4 Å². The molecule has 2 saturated heterocycles. The van der Waals surface area contributed by atoms with E-state index in [0.29, 0.717) is 6.04 Å². The van der Waals surface area contributed by atoms with Crippen molar-refractivity contribution in [3.8, 4) is 11.4 Å². The van der Waals surface area contributed by atoms with E-state index in [9.17, 15) is 0 Å². The average molecular weight is 342 g/mol. The lowest BCUT2D eigenvalue weighted by Gasteiger charge is -2.35. The van der Waals surface area contributed by atoms with Crippen molar-refractivity contribution in [3.63, 3.8) is 0 Å². The van der Waals surface area contributed by atoms with Gasteiger partial charge in [-0.15, -0.1) is 5.10 Å². The van der Waals surface area contributed by atoms with Crippen molar-refractivity contribution in [2.45, 2.75) is 13.0 Å². The number of likely N-dealkylation sites (tertiary alicyclic amines) is 1. The Morgan fingerprint density at radius 1 is 1.29 bits per heavy atom. The molecule has 0 aromatic carbocycles. The molecule has 0 atom stereocenters. The Labute approximate surface area is 143 Å². The summed E-state index contributed by atoms with van der Waals surface area (Å²) in [5.74, 6) is 2.04. The van der Waals surface area contributed by atoms with Gasteiger partial charge in [0.05, 0.1) is 12.2 Å². The van der Waals surface area contributed by atoms with Gasteiger partial charge in [-0.2, -0.15) is 0 Å². The van der Waals surface area contributed by atoms with Gasteiger partial charge in [-0.3, -0.25) is 8.71 Å². The summed E-state index contributed by atoms with van der Waals surface area (Å²) in [4.78, 5) is 11.6. The zero-order valence-corrected chi connectivity index (χ0v) is 14.4. The first-order valence-electron chi connectivity index (χ1n) is 8.05. The second kappa shape index (κ2) is 5.18. The normalized spacial score (nSPS) is 18.8. The number of nitrogens with zero attached hydrogens (tertiary/aromatic N) is 8. The van der Waals surface area contributed by atoms with E-state index >= 15 is 0 Å². The maximum absolute atomic E-state index is 4.89. The third-order valence-electron chi connectivity index (χ3n) is 4.71. The van der Waals surface area contributed by atoms with Crippen molar-refractivity contribution in [3.05, 3.63) is 24.3 Å². The minimum atomic E-state index is 0.416. The number of rotatable bonds is 3. The number of hydrogen-bond donors (Lipinski definition) is 0. The SMILES string of the molecule is Cc1c(-c2cn(C3CN(C)C3)nn2)nc(N2CCS2)c2nccn12. The van der Waals surface area contributed by atoms with E-state index in [1.165, 1.54) is 0 Å². The van der Waals surface area contributed by atoms with Crippen molar-refractivity contribution in [1.82, 2.24) is 34.3 Å². The summed E-state index contributed by atoms with van der Waals surface area (Å²) >= 11 is 1.78. The molecule has 0 unspecified atom stereocenters. The maximum atomic E-state index is 4.89. The van der Waals surface area contributed by atoms with Gasteiger partial charge in [0.25, 0.3) is 0 Å². The highest BCUT2D eigenvalue weighted by Gasteiger charge is 2.28. The smallest absolute Gasteiger partial charge is 0.183 e. The largest absolute Gasteiger partial charge is 0.302 e. The first kappa shape index (κ1) is 14.2. The lowest BCUT2D eigenvalue weighted by atomic mass is 10.1. The maximum Gasteiger partial charge on any atom is 0.183 e. The predicted molar refractivity (Wildman–Crippen MR) is 93.1 cm³/mol. The molecule has 0 saturated carbocycles. The van der Waals surface area contributed by atoms with Crippen LogP contribution in [-0.4, -0.2) is 66.7 Å². The van der Waals surface area contributed by atoms with Crippen LogP contribution in [0, 0.1) is 6.92 Å². The third kappa shape index (κ3) is 2.04. The Kier molecular flexibility index (Phi) is 3.07. The highest BCUT2D eigenvalue weighted by molar-refractivity contribution is 8.02. The Balaban J connectivity index is 1.60. The summed E-state index contributed by atoms with van der Waals surface area (Å²) in [7, 11) is 2.12. The second-order valence-electron chi connectivity index (χ2n) is 6.38. The van der Waals surface area contributed by atoms with Crippen LogP contribution in [0.15, 0.2) is 18.6 Å². The summed E-state index contributed by atoms with van der Waals surface area (Å²) in [6.45, 7) is 5.10. The van der Waals surface area contributed by atoms with E-state index in [4.69, 9.17) is 4.98 Å². The molecule has 9 heteroatoms. The molecule has 3 aromatic heterocycles. The topological polar surface area (TPSA) is 67.4 Å². The van der Waals surface area contributed by atoms with Crippen LogP contribution in [0.5, 0.6) is 0 Å². The van der Waals surface area contributed by atoms with Crippen molar-refractivity contribution in [2.24, 2.45) is 0 Å². The van der Waals surface area contributed by atoms with Crippen LogP contribution in [0.25, 0.3) is 17.0 Å². The molecule has 2 fully saturated rings. The van der Waals surface area contributed by atoms with Crippen LogP contribution in [0.1, 0.15) is 11.7 Å². The lowest BCUT2D eigenvalue weighted by Crippen LogP contribution is -2.45. The number of likely N-dealkylation sites (N-methyl/N-ethyl adjacent to an activating group) is 1. The summed E-state index contributed by atoms with van der Waals surface area (Å²) in [5.41, 5.74) is 3.64. The quantitative estimate of drug-likeness (QED) is 0.664. The van der Waals surface area contributed by atoms with Gasteiger partial charge in [-0.25, -0.2) is 14.6 Å². The van der Waals surface area contributed by atoms with E-state index in [0.717, 1.165) is 53.9 Å². The molecular formula is C15H18N8S. The van der Waals surface area contributed by atoms with Crippen LogP contribution in [0.4, 0.5) is 5.82 Å². The van der Waals surface area contributed by atoms with Crippen LogP contribution in [0.3, 0.4) is 0 Å². The summed E-state index contributed by atoms with van der Waals surface area (Å²) < 4.78 is 6.25. The van der Waals surface area contributed by atoms with Crippen LogP contribution >= 0.6 is 11.9 Å². The number of hydrogen-bond acceptors (Lipinski definition) is 7. The van der Waals surface area contributed by atoms with Crippen molar-refractivity contribution < 1.29 is 0 Å². The molecule has 24 heavy (non-hydrogen) atoms. The highest BCUT2D eigenvalue weighted by Crippen LogP contribution is 2.34. The molecule has 8 nitrogen and oxygen atoms in total. The van der Waals surface area contributed by atoms with Gasteiger partial charge >= 0.3 is 0 Å². The molecule has 124 valence electrons. The zero-order valence-electron chi connectivity index (χ0n) is 13.6. The molecule has 0 amide bonds. The first-order chi connectivity index (χ1) is 11.7. The molecular weight excluding hydrogens is 324 g/mol. The summed E-state index contributed by atoms with van der Waals surface area (Å²) in [5, 5.41) is 8.71. The van der Waals surface area contributed by atoms with Gasteiger partial charge in [-0.1, -0.05) is 5.21 Å². The predicted octanol–water partition coefficient (Wildman–Crippen LogP) is 1.25. The minimum absolute atomic E-state index is 0.416. The molecule has 0 bridgehead atoms. The van der Waals surface area contributed by atoms with E-state index in [1.807, 2.05) is 23.3 Å². The van der Waals surface area contributed by atoms with E-state index in [2.05, 4.69) is 42.9 Å². The standard InChI is InChI=1S/C15H18N8S/c1-10-13(12-9-22(19-18-12)11-7-20(2)8-11)17-15(23-5-6-24-23)14-16-3-4-21(10)14/h3-4,9,11H,5-8H2,1-2H3. The van der Waals surface area contributed by atoms with Crippen LogP contribution < -0.4 is 4.31 Å². The highest BCUT2D eigenvalue weighted by atomic mass is 32.2. The van der Waals surface area contributed by atoms with E-state index in [1.54, 1.807) is 11.9 Å². The molecule has 2 aliphatic rings. The Morgan fingerprint density at radius 3 is 2.83 bits per heavy atom. The van der Waals surface area contributed by atoms with E-state index in [-0.39, 0.29) is 0 Å².